The molecular formula is C16H11ClN2O. The molecule has 0 fully saturated rings. The zero-order chi connectivity index (χ0) is 13.9. The molecule has 1 heterocycles. The third-order valence-electron chi connectivity index (χ3n) is 2.97. The van der Waals surface area contributed by atoms with Crippen molar-refractivity contribution in [3.05, 3.63) is 71.1 Å². The summed E-state index contributed by atoms with van der Waals surface area (Å²) in [5.41, 5.74) is 2.17. The fraction of sp³-hybridized carbons (Fsp3) is 0. The quantitative estimate of drug-likeness (QED) is 0.711. The van der Waals surface area contributed by atoms with Gasteiger partial charge in [-0.3, -0.25) is 0 Å². The van der Waals surface area contributed by atoms with Crippen molar-refractivity contribution >= 4 is 34.3 Å². The molecule has 3 rings (SSSR count). The molecule has 0 aliphatic heterocycles. The lowest BCUT2D eigenvalue weighted by molar-refractivity contribution is 0.515. The molecule has 0 spiro atoms. The van der Waals surface area contributed by atoms with Crippen molar-refractivity contribution in [3.8, 4) is 0 Å². The van der Waals surface area contributed by atoms with Gasteiger partial charge >= 0.3 is 0 Å². The lowest BCUT2D eigenvalue weighted by atomic mass is 10.1. The molecular weight excluding hydrogens is 272 g/mol. The van der Waals surface area contributed by atoms with Gasteiger partial charge in [0.1, 0.15) is 12.1 Å². The average molecular weight is 283 g/mol. The van der Waals surface area contributed by atoms with Gasteiger partial charge in [0, 0.05) is 22.0 Å². The third kappa shape index (κ3) is 2.49. The molecule has 98 valence electrons. The normalized spacial score (nSPS) is 11.8. The maximum Gasteiger partial charge on any atom is 0.125 e. The van der Waals surface area contributed by atoms with Crippen molar-refractivity contribution in [1.82, 2.24) is 9.97 Å². The van der Waals surface area contributed by atoms with E-state index >= 15 is 0 Å². The molecule has 0 saturated heterocycles. The van der Waals surface area contributed by atoms with Crippen LogP contribution in [0, 0.1) is 0 Å². The zero-order valence-corrected chi connectivity index (χ0v) is 11.2. The summed E-state index contributed by atoms with van der Waals surface area (Å²) in [6, 6.07) is 14.7. The number of aliphatic hydroxyl groups is 1. The summed E-state index contributed by atoms with van der Waals surface area (Å²) in [6.07, 6.45) is 3.11. The van der Waals surface area contributed by atoms with Crippen molar-refractivity contribution in [3.63, 3.8) is 0 Å². The Morgan fingerprint density at radius 1 is 1.05 bits per heavy atom. The highest BCUT2D eigenvalue weighted by Gasteiger charge is 2.04. The second-order valence-corrected chi connectivity index (χ2v) is 4.75. The van der Waals surface area contributed by atoms with E-state index in [1.165, 1.54) is 6.33 Å². The minimum Gasteiger partial charge on any atom is -0.507 e. The van der Waals surface area contributed by atoms with Crippen LogP contribution in [-0.2, 0) is 0 Å². The molecule has 1 aromatic heterocycles. The number of nitrogens with zero attached hydrogens (tertiary/aromatic N) is 2. The van der Waals surface area contributed by atoms with Gasteiger partial charge in [0.2, 0.25) is 0 Å². The zero-order valence-electron chi connectivity index (χ0n) is 10.5. The smallest absolute Gasteiger partial charge is 0.125 e. The average Bonchev–Trinajstić information content (AvgIpc) is 2.47. The fourth-order valence-corrected chi connectivity index (χ4v) is 2.19. The maximum absolute atomic E-state index is 10.2. The molecule has 1 N–H and O–H groups in total. The van der Waals surface area contributed by atoms with Crippen LogP contribution in [0.15, 0.2) is 54.9 Å². The lowest BCUT2D eigenvalue weighted by Gasteiger charge is -2.03. The Morgan fingerprint density at radius 3 is 2.75 bits per heavy atom. The molecule has 0 aliphatic carbocycles. The van der Waals surface area contributed by atoms with E-state index < -0.39 is 0 Å². The molecule has 0 saturated carbocycles. The molecule has 2 aromatic carbocycles. The van der Waals surface area contributed by atoms with Gasteiger partial charge in [-0.1, -0.05) is 41.9 Å². The molecule has 0 bridgehead atoms. The summed E-state index contributed by atoms with van der Waals surface area (Å²) in [7, 11) is 0. The highest BCUT2D eigenvalue weighted by Crippen LogP contribution is 2.21. The van der Waals surface area contributed by atoms with E-state index in [0.29, 0.717) is 16.3 Å². The first-order valence-corrected chi connectivity index (χ1v) is 6.48. The molecule has 0 amide bonds. The molecule has 0 atom stereocenters. The summed E-state index contributed by atoms with van der Waals surface area (Å²) in [5.74, 6) is 0.122. The monoisotopic (exact) mass is 282 g/mol. The SMILES string of the molecule is O/C(=C\c1ncnc2ccccc12)c1cccc(Cl)c1. The molecule has 0 unspecified atom stereocenters. The highest BCUT2D eigenvalue weighted by molar-refractivity contribution is 6.30. The van der Waals surface area contributed by atoms with Crippen LogP contribution in [0.25, 0.3) is 22.7 Å². The summed E-state index contributed by atoms with van der Waals surface area (Å²) in [5, 5.41) is 11.7. The van der Waals surface area contributed by atoms with Crippen LogP contribution in [0.1, 0.15) is 11.3 Å². The molecule has 0 aliphatic rings. The molecule has 20 heavy (non-hydrogen) atoms. The number of aliphatic hydroxyl groups excluding tert-OH is 1. The summed E-state index contributed by atoms with van der Waals surface area (Å²) in [6.45, 7) is 0. The Kier molecular flexibility index (Phi) is 3.35. The second-order valence-electron chi connectivity index (χ2n) is 4.32. The minimum absolute atomic E-state index is 0.122. The van der Waals surface area contributed by atoms with Crippen LogP contribution in [-0.4, -0.2) is 15.1 Å². The van der Waals surface area contributed by atoms with Gasteiger partial charge < -0.3 is 5.11 Å². The number of aromatic nitrogens is 2. The number of fused-ring (bicyclic) bond motifs is 1. The van der Waals surface area contributed by atoms with Crippen LogP contribution >= 0.6 is 11.6 Å². The Balaban J connectivity index is 2.10. The van der Waals surface area contributed by atoms with Crippen molar-refractivity contribution in [1.29, 1.82) is 0 Å². The Hall–Kier alpha value is -2.39. The number of para-hydroxylation sites is 1. The molecule has 0 radical (unpaired) electrons. The third-order valence-corrected chi connectivity index (χ3v) is 3.20. The van der Waals surface area contributed by atoms with Crippen molar-refractivity contribution in [2.24, 2.45) is 0 Å². The van der Waals surface area contributed by atoms with E-state index in [4.69, 9.17) is 11.6 Å². The number of hydrogen-bond donors (Lipinski definition) is 1. The largest absolute Gasteiger partial charge is 0.507 e. The number of halogens is 1. The van der Waals surface area contributed by atoms with Gasteiger partial charge in [-0.05, 0) is 18.2 Å². The Morgan fingerprint density at radius 2 is 1.90 bits per heavy atom. The van der Waals surface area contributed by atoms with E-state index in [9.17, 15) is 5.11 Å². The van der Waals surface area contributed by atoms with Crippen molar-refractivity contribution in [2.45, 2.75) is 0 Å². The van der Waals surface area contributed by atoms with Crippen LogP contribution < -0.4 is 0 Å². The van der Waals surface area contributed by atoms with E-state index in [1.807, 2.05) is 24.3 Å². The van der Waals surface area contributed by atoms with E-state index in [1.54, 1.807) is 30.3 Å². The van der Waals surface area contributed by atoms with Gasteiger partial charge in [0.15, 0.2) is 0 Å². The van der Waals surface area contributed by atoms with Crippen LogP contribution in [0.2, 0.25) is 5.02 Å². The van der Waals surface area contributed by atoms with Crippen LogP contribution in [0.3, 0.4) is 0 Å². The van der Waals surface area contributed by atoms with Gasteiger partial charge in [-0.15, -0.1) is 0 Å². The van der Waals surface area contributed by atoms with Gasteiger partial charge in [0.05, 0.1) is 11.2 Å². The minimum atomic E-state index is 0.122. The van der Waals surface area contributed by atoms with Gasteiger partial charge in [-0.25, -0.2) is 9.97 Å². The van der Waals surface area contributed by atoms with Crippen molar-refractivity contribution < 1.29 is 5.11 Å². The highest BCUT2D eigenvalue weighted by atomic mass is 35.5. The fourth-order valence-electron chi connectivity index (χ4n) is 2.00. The second kappa shape index (κ2) is 5.31. The number of rotatable bonds is 2. The predicted molar refractivity (Wildman–Crippen MR) is 81.5 cm³/mol. The first-order valence-electron chi connectivity index (χ1n) is 6.10. The van der Waals surface area contributed by atoms with Crippen molar-refractivity contribution in [2.75, 3.05) is 0 Å². The Labute approximate surface area is 121 Å². The summed E-state index contributed by atoms with van der Waals surface area (Å²) < 4.78 is 0. The van der Waals surface area contributed by atoms with E-state index in [-0.39, 0.29) is 5.76 Å². The maximum atomic E-state index is 10.2. The first kappa shape index (κ1) is 12.6. The predicted octanol–water partition coefficient (Wildman–Crippen LogP) is 4.34. The number of hydrogen-bond acceptors (Lipinski definition) is 3. The standard InChI is InChI=1S/C16H11ClN2O/c17-12-5-3-4-11(8-12)16(20)9-15-13-6-1-2-7-14(13)18-10-19-15/h1-10,20H/b16-9-. The number of benzene rings is 2. The first-order chi connectivity index (χ1) is 9.74. The molecule has 4 heteroatoms. The van der Waals surface area contributed by atoms with Gasteiger partial charge in [-0.2, -0.15) is 0 Å². The van der Waals surface area contributed by atoms with E-state index in [2.05, 4.69) is 9.97 Å². The summed E-state index contributed by atoms with van der Waals surface area (Å²) in [4.78, 5) is 8.41. The summed E-state index contributed by atoms with van der Waals surface area (Å²) >= 11 is 5.92. The topological polar surface area (TPSA) is 46.0 Å². The van der Waals surface area contributed by atoms with Gasteiger partial charge in [0.25, 0.3) is 0 Å². The molecule has 3 aromatic rings. The Bertz CT molecular complexity index is 794. The van der Waals surface area contributed by atoms with Crippen LogP contribution in [0.4, 0.5) is 0 Å². The van der Waals surface area contributed by atoms with E-state index in [0.717, 1.165) is 10.9 Å². The molecule has 3 nitrogen and oxygen atoms in total. The van der Waals surface area contributed by atoms with Crippen LogP contribution in [0.5, 0.6) is 0 Å². The lowest BCUT2D eigenvalue weighted by Crippen LogP contribution is -1.89.